The second-order valence-corrected chi connectivity index (χ2v) is 7.18. The molecule has 2 heterocycles. The van der Waals surface area contributed by atoms with Gasteiger partial charge in [-0.2, -0.15) is 0 Å². The topological polar surface area (TPSA) is 62.5 Å². The van der Waals surface area contributed by atoms with Crippen molar-refractivity contribution in [2.24, 2.45) is 0 Å². The quantitative estimate of drug-likeness (QED) is 0.503. The molecule has 0 aliphatic rings. The lowest BCUT2D eigenvalue weighted by Crippen LogP contribution is -2.25. The van der Waals surface area contributed by atoms with Gasteiger partial charge in [-0.1, -0.05) is 24.3 Å². The van der Waals surface area contributed by atoms with Gasteiger partial charge in [-0.3, -0.25) is 4.79 Å². The second-order valence-electron chi connectivity index (χ2n) is 4.96. The van der Waals surface area contributed by atoms with Crippen molar-refractivity contribution in [1.29, 1.82) is 0 Å². The molecule has 1 aromatic carbocycles. The minimum Gasteiger partial charge on any atom is -0.451 e. The van der Waals surface area contributed by atoms with Gasteiger partial charge in [-0.05, 0) is 23.9 Å². The number of carbonyl (C=O) groups is 1. The van der Waals surface area contributed by atoms with Crippen LogP contribution in [-0.4, -0.2) is 24.2 Å². The van der Waals surface area contributed by atoms with Crippen LogP contribution in [0.4, 0.5) is 0 Å². The van der Waals surface area contributed by atoms with E-state index in [1.165, 1.54) is 4.21 Å². The lowest BCUT2D eigenvalue weighted by Gasteiger charge is -2.04. The summed E-state index contributed by atoms with van der Waals surface area (Å²) in [6, 6.07) is 11.8. The minimum atomic E-state index is -0.226. The molecule has 0 saturated carbocycles. The van der Waals surface area contributed by atoms with E-state index in [0.29, 0.717) is 24.5 Å². The molecule has 0 saturated heterocycles. The third-order valence-corrected chi connectivity index (χ3v) is 5.54. The Morgan fingerprint density at radius 2 is 2.13 bits per heavy atom. The molecule has 6 heteroatoms. The van der Waals surface area contributed by atoms with Crippen LogP contribution in [0, 0.1) is 0 Å². The van der Waals surface area contributed by atoms with Crippen molar-refractivity contribution in [2.45, 2.75) is 16.4 Å². The summed E-state index contributed by atoms with van der Waals surface area (Å²) in [5.41, 5.74) is 1.64. The van der Waals surface area contributed by atoms with Crippen LogP contribution < -0.4 is 5.32 Å². The zero-order valence-corrected chi connectivity index (χ0v) is 14.1. The molecule has 0 aliphatic heterocycles. The van der Waals surface area contributed by atoms with Crippen molar-refractivity contribution in [2.75, 3.05) is 13.2 Å². The molecule has 3 aromatic rings. The largest absolute Gasteiger partial charge is 0.451 e. The van der Waals surface area contributed by atoms with Gasteiger partial charge >= 0.3 is 0 Å². The third kappa shape index (κ3) is 3.77. The molecule has 0 aliphatic carbocycles. The van der Waals surface area contributed by atoms with E-state index in [0.717, 1.165) is 16.5 Å². The van der Waals surface area contributed by atoms with Gasteiger partial charge < -0.3 is 14.8 Å². The number of furan rings is 1. The van der Waals surface area contributed by atoms with E-state index in [-0.39, 0.29) is 12.5 Å². The van der Waals surface area contributed by atoms with Crippen LogP contribution in [0.25, 0.3) is 11.0 Å². The smallest absolute Gasteiger partial charge is 0.287 e. The molecule has 0 bridgehead atoms. The first-order chi connectivity index (χ1) is 11.3. The molecular weight excluding hydrogens is 330 g/mol. The van der Waals surface area contributed by atoms with Gasteiger partial charge in [-0.15, -0.1) is 23.1 Å². The second kappa shape index (κ2) is 7.68. The van der Waals surface area contributed by atoms with Crippen molar-refractivity contribution in [3.05, 3.63) is 53.1 Å². The number of aliphatic hydroxyl groups excluding tert-OH is 1. The minimum absolute atomic E-state index is 0.0570. The maximum Gasteiger partial charge on any atom is 0.287 e. The number of fused-ring (bicyclic) bond motifs is 1. The number of amides is 1. The molecule has 3 rings (SSSR count). The number of aliphatic hydroxyl groups is 1. The van der Waals surface area contributed by atoms with E-state index in [4.69, 9.17) is 9.52 Å². The number of nitrogens with one attached hydrogen (secondary N) is 1. The Kier molecular flexibility index (Phi) is 5.38. The Bertz CT molecular complexity index is 780. The highest BCUT2D eigenvalue weighted by Crippen LogP contribution is 2.33. The molecule has 2 aromatic heterocycles. The fourth-order valence-corrected chi connectivity index (χ4v) is 4.09. The first kappa shape index (κ1) is 16.1. The van der Waals surface area contributed by atoms with E-state index >= 15 is 0 Å². The van der Waals surface area contributed by atoms with Crippen molar-refractivity contribution < 1.29 is 14.3 Å². The Balaban J connectivity index is 1.86. The summed E-state index contributed by atoms with van der Waals surface area (Å²) in [5.74, 6) is 0.824. The van der Waals surface area contributed by atoms with Crippen LogP contribution in [0.2, 0.25) is 0 Å². The highest BCUT2D eigenvalue weighted by atomic mass is 32.2. The first-order valence-corrected chi connectivity index (χ1v) is 9.22. The van der Waals surface area contributed by atoms with Crippen LogP contribution in [0.5, 0.6) is 0 Å². The van der Waals surface area contributed by atoms with Crippen LogP contribution >= 0.6 is 23.1 Å². The Labute approximate surface area is 142 Å². The maximum absolute atomic E-state index is 12.4. The number of hydrogen-bond acceptors (Lipinski definition) is 5. The van der Waals surface area contributed by atoms with Gasteiger partial charge in [-0.25, -0.2) is 0 Å². The molecule has 2 N–H and O–H groups in total. The molecule has 0 radical (unpaired) electrons. The summed E-state index contributed by atoms with van der Waals surface area (Å²) >= 11 is 3.38. The summed E-state index contributed by atoms with van der Waals surface area (Å²) < 4.78 is 6.99. The number of benzene rings is 1. The van der Waals surface area contributed by atoms with Gasteiger partial charge in [0, 0.05) is 29.9 Å². The van der Waals surface area contributed by atoms with Crippen LogP contribution in [0.3, 0.4) is 0 Å². The van der Waals surface area contributed by atoms with Crippen molar-refractivity contribution in [3.8, 4) is 0 Å². The van der Waals surface area contributed by atoms with Crippen molar-refractivity contribution >= 4 is 40.0 Å². The van der Waals surface area contributed by atoms with Crippen molar-refractivity contribution in [1.82, 2.24) is 5.32 Å². The van der Waals surface area contributed by atoms with Gasteiger partial charge in [0.25, 0.3) is 5.91 Å². The van der Waals surface area contributed by atoms with Gasteiger partial charge in [0.2, 0.25) is 0 Å². The van der Waals surface area contributed by atoms with E-state index in [1.807, 2.05) is 35.7 Å². The molecule has 0 atom stereocenters. The average molecular weight is 347 g/mol. The molecule has 1 amide bonds. The number of rotatable bonds is 7. The Morgan fingerprint density at radius 3 is 2.91 bits per heavy atom. The summed E-state index contributed by atoms with van der Waals surface area (Å²) in [5, 5.41) is 14.6. The zero-order chi connectivity index (χ0) is 16.1. The maximum atomic E-state index is 12.4. The number of carbonyl (C=O) groups excluding carboxylic acids is 1. The highest BCUT2D eigenvalue weighted by Gasteiger charge is 2.20. The van der Waals surface area contributed by atoms with E-state index < -0.39 is 0 Å². The first-order valence-electron chi connectivity index (χ1n) is 7.35. The Hall–Kier alpha value is -1.76. The number of hydrogen-bond donors (Lipinski definition) is 2. The molecule has 23 heavy (non-hydrogen) atoms. The number of thiophene rings is 1. The number of para-hydroxylation sites is 1. The van der Waals surface area contributed by atoms with Crippen LogP contribution in [-0.2, 0) is 5.75 Å². The predicted octanol–water partition coefficient (Wildman–Crippen LogP) is 3.90. The summed E-state index contributed by atoms with van der Waals surface area (Å²) in [7, 11) is 0. The van der Waals surface area contributed by atoms with Crippen LogP contribution in [0.15, 0.2) is 50.4 Å². The SMILES string of the molecule is O=C(NCCCO)c1oc2ccccc2c1CSc1cccs1. The average Bonchev–Trinajstić information content (AvgIpc) is 3.20. The molecule has 120 valence electrons. The standard InChI is InChI=1S/C17H17NO3S2/c19-9-4-8-18-17(20)16-13(11-23-15-7-3-10-22-15)12-5-1-2-6-14(12)21-16/h1-3,5-7,10,19H,4,8-9,11H2,(H,18,20). The molecular formula is C17H17NO3S2. The summed E-state index contributed by atoms with van der Waals surface area (Å²) in [6.45, 7) is 0.491. The Morgan fingerprint density at radius 1 is 1.26 bits per heavy atom. The van der Waals surface area contributed by atoms with Crippen molar-refractivity contribution in [3.63, 3.8) is 0 Å². The summed E-state index contributed by atoms with van der Waals surface area (Å²) in [6.07, 6.45) is 0.533. The van der Waals surface area contributed by atoms with E-state index in [9.17, 15) is 4.79 Å². The lowest BCUT2D eigenvalue weighted by molar-refractivity contribution is 0.0924. The van der Waals surface area contributed by atoms with Gasteiger partial charge in [0.1, 0.15) is 5.58 Å². The number of thioether (sulfide) groups is 1. The molecule has 0 unspecified atom stereocenters. The van der Waals surface area contributed by atoms with E-state index in [2.05, 4.69) is 11.4 Å². The highest BCUT2D eigenvalue weighted by molar-refractivity contribution is 8.00. The summed E-state index contributed by atoms with van der Waals surface area (Å²) in [4.78, 5) is 12.4. The van der Waals surface area contributed by atoms with E-state index in [1.54, 1.807) is 23.1 Å². The van der Waals surface area contributed by atoms with Gasteiger partial charge in [0.05, 0.1) is 4.21 Å². The fourth-order valence-electron chi connectivity index (χ4n) is 2.28. The lowest BCUT2D eigenvalue weighted by atomic mass is 10.1. The zero-order valence-electron chi connectivity index (χ0n) is 12.5. The fraction of sp³-hybridized carbons (Fsp3) is 0.235. The van der Waals surface area contributed by atoms with Gasteiger partial charge in [0.15, 0.2) is 5.76 Å². The molecule has 0 fully saturated rings. The third-order valence-electron chi connectivity index (χ3n) is 3.38. The normalized spacial score (nSPS) is 11.0. The predicted molar refractivity (Wildman–Crippen MR) is 94.1 cm³/mol. The molecule has 4 nitrogen and oxygen atoms in total. The van der Waals surface area contributed by atoms with Crippen LogP contribution in [0.1, 0.15) is 22.5 Å². The monoisotopic (exact) mass is 347 g/mol. The molecule has 0 spiro atoms.